The smallest absolute Gasteiger partial charge is 0.331 e. The molecule has 0 heterocycles. The average molecular weight is 369 g/mol. The molecule has 4 nitrogen and oxygen atoms in total. The molecule has 0 spiro atoms. The number of esters is 2. The van der Waals surface area contributed by atoms with Crippen LogP contribution in [0.25, 0.3) is 0 Å². The maximum absolute atomic E-state index is 11.4. The standard InChI is InChI=1S/C22H40O4/c1-3-5-6-7-8-9-10-11-12-13-14-15-16-17-20-26-22(24)19-18-21(23)25-4-2/h18-19H,3-17,20H2,1-2H3/b19-18+. The Kier molecular flexibility index (Phi) is 19.0. The molecule has 152 valence electrons. The zero-order valence-corrected chi connectivity index (χ0v) is 17.1. The van der Waals surface area contributed by atoms with Crippen LogP contribution in [0.5, 0.6) is 0 Å². The molecular weight excluding hydrogens is 328 g/mol. The van der Waals surface area contributed by atoms with E-state index in [1.807, 2.05) is 0 Å². The van der Waals surface area contributed by atoms with Gasteiger partial charge in [-0.1, -0.05) is 90.4 Å². The van der Waals surface area contributed by atoms with Crippen LogP contribution < -0.4 is 0 Å². The van der Waals surface area contributed by atoms with Gasteiger partial charge in [0.2, 0.25) is 0 Å². The summed E-state index contributed by atoms with van der Waals surface area (Å²) in [6.45, 7) is 4.71. The summed E-state index contributed by atoms with van der Waals surface area (Å²) in [7, 11) is 0. The first-order valence-electron chi connectivity index (χ1n) is 10.7. The summed E-state index contributed by atoms with van der Waals surface area (Å²) in [6, 6.07) is 0. The molecule has 0 fully saturated rings. The van der Waals surface area contributed by atoms with Crippen LogP contribution >= 0.6 is 0 Å². The summed E-state index contributed by atoms with van der Waals surface area (Å²) in [6.07, 6.45) is 20.5. The first-order valence-corrected chi connectivity index (χ1v) is 10.7. The van der Waals surface area contributed by atoms with Gasteiger partial charge in [-0.3, -0.25) is 0 Å². The Hall–Kier alpha value is -1.32. The lowest BCUT2D eigenvalue weighted by Crippen LogP contribution is -2.05. The van der Waals surface area contributed by atoms with E-state index in [9.17, 15) is 9.59 Å². The van der Waals surface area contributed by atoms with Gasteiger partial charge in [0, 0.05) is 12.2 Å². The predicted octanol–water partition coefficient (Wildman–Crippen LogP) is 6.13. The lowest BCUT2D eigenvalue weighted by atomic mass is 10.0. The first kappa shape index (κ1) is 24.7. The van der Waals surface area contributed by atoms with Crippen LogP contribution in [0.3, 0.4) is 0 Å². The number of unbranched alkanes of at least 4 members (excludes halogenated alkanes) is 13. The second-order valence-electron chi connectivity index (χ2n) is 6.85. The SMILES string of the molecule is CCCCCCCCCCCCCCCCOC(=O)/C=C/C(=O)OCC. The Morgan fingerprint density at radius 2 is 0.962 bits per heavy atom. The fraction of sp³-hybridized carbons (Fsp3) is 0.818. The molecule has 4 heteroatoms. The number of rotatable bonds is 18. The maximum atomic E-state index is 11.4. The molecule has 0 aliphatic heterocycles. The van der Waals surface area contributed by atoms with E-state index in [2.05, 4.69) is 11.7 Å². The molecule has 0 saturated heterocycles. The molecule has 0 unspecified atom stereocenters. The molecule has 0 aliphatic carbocycles. The summed E-state index contributed by atoms with van der Waals surface area (Å²) >= 11 is 0. The van der Waals surface area contributed by atoms with E-state index in [0.29, 0.717) is 13.2 Å². The van der Waals surface area contributed by atoms with E-state index in [1.165, 1.54) is 77.0 Å². The van der Waals surface area contributed by atoms with Crippen molar-refractivity contribution in [3.63, 3.8) is 0 Å². The fourth-order valence-electron chi connectivity index (χ4n) is 2.84. The van der Waals surface area contributed by atoms with Crippen molar-refractivity contribution >= 4 is 11.9 Å². The van der Waals surface area contributed by atoms with E-state index in [1.54, 1.807) is 6.92 Å². The number of carbonyl (C=O) groups excluding carboxylic acids is 2. The van der Waals surface area contributed by atoms with Crippen LogP contribution in [0.1, 0.15) is 104 Å². The molecule has 0 rings (SSSR count). The Balaban J connectivity index is 3.24. The number of carbonyl (C=O) groups is 2. The Labute approximate surface area is 160 Å². The van der Waals surface area contributed by atoms with Gasteiger partial charge in [0.15, 0.2) is 0 Å². The average Bonchev–Trinajstić information content (AvgIpc) is 2.63. The molecule has 0 saturated carbocycles. The van der Waals surface area contributed by atoms with Crippen LogP contribution in [0.2, 0.25) is 0 Å². The highest BCUT2D eigenvalue weighted by molar-refractivity contribution is 5.91. The largest absolute Gasteiger partial charge is 0.463 e. The van der Waals surface area contributed by atoms with Crippen LogP contribution in [0, 0.1) is 0 Å². The van der Waals surface area contributed by atoms with Crippen molar-refractivity contribution in [2.75, 3.05) is 13.2 Å². The highest BCUT2D eigenvalue weighted by Gasteiger charge is 2.00. The van der Waals surface area contributed by atoms with Crippen molar-refractivity contribution in [3.8, 4) is 0 Å². The molecule has 0 N–H and O–H groups in total. The molecule has 0 amide bonds. The van der Waals surface area contributed by atoms with E-state index < -0.39 is 11.9 Å². The lowest BCUT2D eigenvalue weighted by molar-refractivity contribution is -0.140. The van der Waals surface area contributed by atoms with Crippen LogP contribution in [0.15, 0.2) is 12.2 Å². The first-order chi connectivity index (χ1) is 12.7. The third-order valence-electron chi connectivity index (χ3n) is 4.38. The van der Waals surface area contributed by atoms with Crippen molar-refractivity contribution in [1.82, 2.24) is 0 Å². The van der Waals surface area contributed by atoms with E-state index >= 15 is 0 Å². The van der Waals surface area contributed by atoms with Crippen LogP contribution in [-0.2, 0) is 19.1 Å². The van der Waals surface area contributed by atoms with Gasteiger partial charge in [-0.2, -0.15) is 0 Å². The van der Waals surface area contributed by atoms with E-state index in [0.717, 1.165) is 25.0 Å². The molecule has 0 aromatic carbocycles. The number of ether oxygens (including phenoxy) is 2. The summed E-state index contributed by atoms with van der Waals surface area (Å²) < 4.78 is 9.73. The molecule has 0 aromatic rings. The number of hydrogen-bond acceptors (Lipinski definition) is 4. The van der Waals surface area contributed by atoms with Gasteiger partial charge in [0.05, 0.1) is 13.2 Å². The third kappa shape index (κ3) is 19.0. The molecular formula is C22H40O4. The van der Waals surface area contributed by atoms with Crippen molar-refractivity contribution < 1.29 is 19.1 Å². The van der Waals surface area contributed by atoms with E-state index in [4.69, 9.17) is 4.74 Å². The minimum atomic E-state index is -0.513. The van der Waals surface area contributed by atoms with Gasteiger partial charge < -0.3 is 9.47 Å². The highest BCUT2D eigenvalue weighted by atomic mass is 16.5. The minimum absolute atomic E-state index is 0.303. The molecule has 26 heavy (non-hydrogen) atoms. The molecule has 0 aliphatic rings. The minimum Gasteiger partial charge on any atom is -0.463 e. The monoisotopic (exact) mass is 368 g/mol. The van der Waals surface area contributed by atoms with E-state index in [-0.39, 0.29) is 0 Å². The quantitative estimate of drug-likeness (QED) is 0.166. The molecule has 0 radical (unpaired) electrons. The van der Waals surface area contributed by atoms with Crippen LogP contribution in [0.4, 0.5) is 0 Å². The fourth-order valence-corrected chi connectivity index (χ4v) is 2.84. The Morgan fingerprint density at radius 3 is 1.38 bits per heavy atom. The van der Waals surface area contributed by atoms with Crippen molar-refractivity contribution in [2.45, 2.75) is 104 Å². The number of hydrogen-bond donors (Lipinski definition) is 0. The van der Waals surface area contributed by atoms with Crippen molar-refractivity contribution in [3.05, 3.63) is 12.2 Å². The third-order valence-corrected chi connectivity index (χ3v) is 4.38. The zero-order valence-electron chi connectivity index (χ0n) is 17.1. The van der Waals surface area contributed by atoms with Gasteiger partial charge in [0.25, 0.3) is 0 Å². The normalized spacial score (nSPS) is 11.0. The lowest BCUT2D eigenvalue weighted by Gasteiger charge is -2.04. The second kappa shape index (κ2) is 20.0. The predicted molar refractivity (Wildman–Crippen MR) is 107 cm³/mol. The van der Waals surface area contributed by atoms with Crippen molar-refractivity contribution in [1.29, 1.82) is 0 Å². The molecule has 0 aromatic heterocycles. The van der Waals surface area contributed by atoms with Gasteiger partial charge in [-0.15, -0.1) is 0 Å². The van der Waals surface area contributed by atoms with Crippen LogP contribution in [-0.4, -0.2) is 25.2 Å². The molecule has 0 bridgehead atoms. The Morgan fingerprint density at radius 1 is 0.577 bits per heavy atom. The van der Waals surface area contributed by atoms with Gasteiger partial charge in [-0.05, 0) is 13.3 Å². The summed E-state index contributed by atoms with van der Waals surface area (Å²) in [5.74, 6) is -0.992. The summed E-state index contributed by atoms with van der Waals surface area (Å²) in [5.41, 5.74) is 0. The topological polar surface area (TPSA) is 52.6 Å². The van der Waals surface area contributed by atoms with Gasteiger partial charge in [-0.25, -0.2) is 9.59 Å². The van der Waals surface area contributed by atoms with Gasteiger partial charge >= 0.3 is 11.9 Å². The molecule has 0 atom stereocenters. The summed E-state index contributed by atoms with van der Waals surface area (Å²) in [4.78, 5) is 22.4. The summed E-state index contributed by atoms with van der Waals surface area (Å²) in [5, 5.41) is 0. The van der Waals surface area contributed by atoms with Gasteiger partial charge in [0.1, 0.15) is 0 Å². The Bertz CT molecular complexity index is 363. The van der Waals surface area contributed by atoms with Crippen molar-refractivity contribution in [2.24, 2.45) is 0 Å². The maximum Gasteiger partial charge on any atom is 0.331 e. The second-order valence-corrected chi connectivity index (χ2v) is 6.85. The zero-order chi connectivity index (χ0) is 19.3. The highest BCUT2D eigenvalue weighted by Crippen LogP contribution is 2.12.